The Labute approximate surface area is 137 Å². The molecule has 23 heavy (non-hydrogen) atoms. The van der Waals surface area contributed by atoms with Crippen molar-refractivity contribution >= 4 is 11.9 Å². The normalized spacial score (nSPS) is 10.5. The fourth-order valence-corrected chi connectivity index (χ4v) is 2.25. The molecule has 0 saturated heterocycles. The van der Waals surface area contributed by atoms with E-state index in [4.69, 9.17) is 14.2 Å². The predicted molar refractivity (Wildman–Crippen MR) is 87.4 cm³/mol. The van der Waals surface area contributed by atoms with Crippen molar-refractivity contribution in [1.82, 2.24) is 0 Å². The van der Waals surface area contributed by atoms with E-state index < -0.39 is 17.9 Å². The zero-order chi connectivity index (χ0) is 17.2. The molecular weight excluding hydrogens is 296 g/mol. The number of carbonyl (C=O) groups excluding carboxylic acids is 2. The fourth-order valence-electron chi connectivity index (χ4n) is 2.25. The zero-order valence-corrected chi connectivity index (χ0v) is 14.4. The molecule has 0 N–H and O–H groups in total. The standard InChI is InChI=1S/C18H26O5/c1-5-21-17(19)15(18(20)22-6-2)8-7-11-23-16-10-9-13(3)12-14(16)4/h9-10,12,15H,5-8,11H2,1-4H3. The van der Waals surface area contributed by atoms with E-state index in [1.54, 1.807) is 13.8 Å². The molecule has 0 radical (unpaired) electrons. The second-order valence-electron chi connectivity index (χ2n) is 5.32. The van der Waals surface area contributed by atoms with Gasteiger partial charge in [-0.1, -0.05) is 17.7 Å². The van der Waals surface area contributed by atoms with E-state index in [0.29, 0.717) is 19.4 Å². The summed E-state index contributed by atoms with van der Waals surface area (Å²) in [5.41, 5.74) is 2.25. The van der Waals surface area contributed by atoms with Gasteiger partial charge in [0, 0.05) is 0 Å². The van der Waals surface area contributed by atoms with Gasteiger partial charge in [-0.25, -0.2) is 0 Å². The van der Waals surface area contributed by atoms with Crippen molar-refractivity contribution in [3.8, 4) is 5.75 Å². The van der Waals surface area contributed by atoms with Gasteiger partial charge in [0.05, 0.1) is 19.8 Å². The number of carbonyl (C=O) groups is 2. The Balaban J connectivity index is 2.51. The molecule has 0 saturated carbocycles. The van der Waals surface area contributed by atoms with Crippen molar-refractivity contribution in [3.63, 3.8) is 0 Å². The Hall–Kier alpha value is -2.04. The molecule has 1 aromatic rings. The number of hydrogen-bond acceptors (Lipinski definition) is 5. The third kappa shape index (κ3) is 6.30. The molecule has 0 spiro atoms. The first-order valence-electron chi connectivity index (χ1n) is 8.02. The smallest absolute Gasteiger partial charge is 0.320 e. The van der Waals surface area contributed by atoms with Crippen molar-refractivity contribution in [2.75, 3.05) is 19.8 Å². The first-order chi connectivity index (χ1) is 11.0. The average Bonchev–Trinajstić information content (AvgIpc) is 2.49. The van der Waals surface area contributed by atoms with E-state index in [1.807, 2.05) is 26.0 Å². The SMILES string of the molecule is CCOC(=O)C(CCCOc1ccc(C)cc1C)C(=O)OCC. The summed E-state index contributed by atoms with van der Waals surface area (Å²) < 4.78 is 15.6. The summed E-state index contributed by atoms with van der Waals surface area (Å²) in [5, 5.41) is 0. The summed E-state index contributed by atoms with van der Waals surface area (Å²) in [5.74, 6) is -1.12. The highest BCUT2D eigenvalue weighted by molar-refractivity contribution is 5.94. The van der Waals surface area contributed by atoms with Crippen LogP contribution in [0.5, 0.6) is 5.75 Å². The van der Waals surface area contributed by atoms with Crippen LogP contribution in [0.2, 0.25) is 0 Å². The summed E-state index contributed by atoms with van der Waals surface area (Å²) in [7, 11) is 0. The maximum absolute atomic E-state index is 11.9. The first-order valence-corrected chi connectivity index (χ1v) is 8.02. The number of benzene rings is 1. The van der Waals surface area contributed by atoms with E-state index in [1.165, 1.54) is 5.56 Å². The maximum atomic E-state index is 11.9. The molecule has 128 valence electrons. The molecule has 0 unspecified atom stereocenters. The third-order valence-electron chi connectivity index (χ3n) is 3.37. The molecule has 0 amide bonds. The highest BCUT2D eigenvalue weighted by Gasteiger charge is 2.28. The molecule has 0 aliphatic carbocycles. The lowest BCUT2D eigenvalue weighted by Crippen LogP contribution is -2.28. The summed E-state index contributed by atoms with van der Waals surface area (Å²) in [4.78, 5) is 23.7. The van der Waals surface area contributed by atoms with Gasteiger partial charge in [-0.15, -0.1) is 0 Å². The van der Waals surface area contributed by atoms with E-state index in [9.17, 15) is 9.59 Å². The van der Waals surface area contributed by atoms with Crippen LogP contribution in [0.15, 0.2) is 18.2 Å². The number of esters is 2. The molecule has 0 heterocycles. The average molecular weight is 322 g/mol. The molecular formula is C18H26O5. The van der Waals surface area contributed by atoms with Crippen molar-refractivity contribution in [1.29, 1.82) is 0 Å². The lowest BCUT2D eigenvalue weighted by atomic mass is 10.0. The van der Waals surface area contributed by atoms with Gasteiger partial charge in [-0.2, -0.15) is 0 Å². The summed E-state index contributed by atoms with van der Waals surface area (Å²) >= 11 is 0. The lowest BCUT2D eigenvalue weighted by molar-refractivity contribution is -0.162. The van der Waals surface area contributed by atoms with Crippen LogP contribution in [0.25, 0.3) is 0 Å². The Morgan fingerprint density at radius 2 is 1.65 bits per heavy atom. The van der Waals surface area contributed by atoms with Crippen LogP contribution in [0.3, 0.4) is 0 Å². The van der Waals surface area contributed by atoms with Crippen LogP contribution in [-0.4, -0.2) is 31.8 Å². The van der Waals surface area contributed by atoms with Crippen LogP contribution in [-0.2, 0) is 19.1 Å². The van der Waals surface area contributed by atoms with Crippen LogP contribution in [0.1, 0.15) is 37.8 Å². The molecule has 1 rings (SSSR count). The highest BCUT2D eigenvalue weighted by atomic mass is 16.6. The van der Waals surface area contributed by atoms with Crippen LogP contribution in [0, 0.1) is 19.8 Å². The topological polar surface area (TPSA) is 61.8 Å². The number of hydrogen-bond donors (Lipinski definition) is 0. The van der Waals surface area contributed by atoms with E-state index >= 15 is 0 Å². The van der Waals surface area contributed by atoms with Gasteiger partial charge in [-0.3, -0.25) is 9.59 Å². The molecule has 0 aromatic heterocycles. The zero-order valence-electron chi connectivity index (χ0n) is 14.4. The van der Waals surface area contributed by atoms with Gasteiger partial charge in [0.25, 0.3) is 0 Å². The van der Waals surface area contributed by atoms with Crippen molar-refractivity contribution in [3.05, 3.63) is 29.3 Å². The van der Waals surface area contributed by atoms with Gasteiger partial charge in [-0.05, 0) is 52.2 Å². The summed E-state index contributed by atoms with van der Waals surface area (Å²) in [6, 6.07) is 5.97. The molecule has 0 aliphatic rings. The lowest BCUT2D eigenvalue weighted by Gasteiger charge is -2.15. The second-order valence-corrected chi connectivity index (χ2v) is 5.32. The van der Waals surface area contributed by atoms with E-state index in [0.717, 1.165) is 11.3 Å². The van der Waals surface area contributed by atoms with E-state index in [-0.39, 0.29) is 13.2 Å². The fraction of sp³-hybridized carbons (Fsp3) is 0.556. The van der Waals surface area contributed by atoms with Crippen LogP contribution in [0.4, 0.5) is 0 Å². The molecule has 5 heteroatoms. The van der Waals surface area contributed by atoms with Crippen molar-refractivity contribution in [2.45, 2.75) is 40.5 Å². The third-order valence-corrected chi connectivity index (χ3v) is 3.37. The Morgan fingerprint density at radius 1 is 1.04 bits per heavy atom. The quantitative estimate of drug-likeness (QED) is 0.397. The largest absolute Gasteiger partial charge is 0.493 e. The van der Waals surface area contributed by atoms with Gasteiger partial charge in [0.2, 0.25) is 0 Å². The van der Waals surface area contributed by atoms with Crippen molar-refractivity contribution in [2.24, 2.45) is 5.92 Å². The molecule has 5 nitrogen and oxygen atoms in total. The monoisotopic (exact) mass is 322 g/mol. The molecule has 0 aliphatic heterocycles. The molecule has 1 aromatic carbocycles. The molecule has 0 fully saturated rings. The van der Waals surface area contributed by atoms with Gasteiger partial charge < -0.3 is 14.2 Å². The van der Waals surface area contributed by atoms with Crippen LogP contribution < -0.4 is 4.74 Å². The summed E-state index contributed by atoms with van der Waals surface area (Å²) in [6.07, 6.45) is 0.915. The van der Waals surface area contributed by atoms with E-state index in [2.05, 4.69) is 6.07 Å². The van der Waals surface area contributed by atoms with Crippen LogP contribution >= 0.6 is 0 Å². The number of rotatable bonds is 9. The number of aryl methyl sites for hydroxylation is 2. The minimum absolute atomic E-state index is 0.244. The minimum atomic E-state index is -0.877. The van der Waals surface area contributed by atoms with Crippen molar-refractivity contribution < 1.29 is 23.8 Å². The minimum Gasteiger partial charge on any atom is -0.493 e. The Morgan fingerprint density at radius 3 is 2.17 bits per heavy atom. The van der Waals surface area contributed by atoms with Gasteiger partial charge in [0.1, 0.15) is 5.75 Å². The molecule has 0 bridgehead atoms. The number of ether oxygens (including phenoxy) is 3. The predicted octanol–water partition coefficient (Wildman–Crippen LogP) is 3.20. The Kier molecular flexibility index (Phi) is 8.16. The molecule has 0 atom stereocenters. The first kappa shape index (κ1) is 19.0. The van der Waals surface area contributed by atoms with Gasteiger partial charge >= 0.3 is 11.9 Å². The maximum Gasteiger partial charge on any atom is 0.320 e. The Bertz CT molecular complexity index is 506. The van der Waals surface area contributed by atoms with Gasteiger partial charge in [0.15, 0.2) is 5.92 Å². The highest BCUT2D eigenvalue weighted by Crippen LogP contribution is 2.19. The second kappa shape index (κ2) is 9.87. The summed E-state index contributed by atoms with van der Waals surface area (Å²) in [6.45, 7) is 8.36.